The maximum absolute atomic E-state index is 13.4. The highest BCUT2D eigenvalue weighted by Gasteiger charge is 2.38. The number of rotatable bonds is 8. The van der Waals surface area contributed by atoms with Gasteiger partial charge in [0.15, 0.2) is 11.5 Å². The lowest BCUT2D eigenvalue weighted by Crippen LogP contribution is -2.45. The Morgan fingerprint density at radius 3 is 2.28 bits per heavy atom. The number of ether oxygens (including phenoxy) is 2. The molecule has 0 bridgehead atoms. The van der Waals surface area contributed by atoms with Gasteiger partial charge in [-0.3, -0.25) is 9.59 Å². The van der Waals surface area contributed by atoms with Gasteiger partial charge in [-0.2, -0.15) is 0 Å². The molecule has 36 heavy (non-hydrogen) atoms. The van der Waals surface area contributed by atoms with Crippen LogP contribution in [-0.2, 0) is 16.2 Å². The zero-order valence-corrected chi connectivity index (χ0v) is 20.6. The molecule has 0 radical (unpaired) electrons. The molecule has 1 aliphatic rings. The molecule has 8 heteroatoms. The molecule has 0 aliphatic carbocycles. The minimum atomic E-state index is -0.694. The number of likely N-dealkylation sites (tertiary alicyclic amines) is 1. The van der Waals surface area contributed by atoms with Crippen molar-refractivity contribution in [1.82, 2.24) is 10.2 Å². The number of hydrogen-bond acceptors (Lipinski definition) is 6. The maximum Gasteiger partial charge on any atom is 0.254 e. The van der Waals surface area contributed by atoms with E-state index in [1.54, 1.807) is 37.3 Å². The van der Waals surface area contributed by atoms with Crippen molar-refractivity contribution in [3.63, 3.8) is 0 Å². The van der Waals surface area contributed by atoms with Crippen LogP contribution in [0, 0.1) is 0 Å². The van der Waals surface area contributed by atoms with Gasteiger partial charge in [-0.05, 0) is 41.0 Å². The first-order valence-corrected chi connectivity index (χ1v) is 11.6. The number of amides is 2. The summed E-state index contributed by atoms with van der Waals surface area (Å²) < 4.78 is 10.6. The van der Waals surface area contributed by atoms with Gasteiger partial charge in [-0.15, -0.1) is 0 Å². The summed E-state index contributed by atoms with van der Waals surface area (Å²) in [6.07, 6.45) is 0.305. The second-order valence-corrected chi connectivity index (χ2v) is 8.34. The van der Waals surface area contributed by atoms with Crippen molar-refractivity contribution in [3.05, 3.63) is 83.9 Å². The smallest absolute Gasteiger partial charge is 0.254 e. The summed E-state index contributed by atoms with van der Waals surface area (Å²) in [5, 5.41) is 6.94. The van der Waals surface area contributed by atoms with E-state index in [2.05, 4.69) is 10.5 Å². The fourth-order valence-corrected chi connectivity index (χ4v) is 4.25. The van der Waals surface area contributed by atoms with Gasteiger partial charge in [0.25, 0.3) is 5.91 Å². The van der Waals surface area contributed by atoms with Crippen molar-refractivity contribution in [3.8, 4) is 22.6 Å². The van der Waals surface area contributed by atoms with Gasteiger partial charge < -0.3 is 24.5 Å². The van der Waals surface area contributed by atoms with Gasteiger partial charge in [0.05, 0.1) is 26.5 Å². The number of nitrogens with zero attached hydrogens (tertiary/aromatic N) is 2. The molecular formula is C28H29N3O5. The van der Waals surface area contributed by atoms with Crippen LogP contribution in [0.2, 0.25) is 0 Å². The Bertz CT molecular complexity index is 1240. The lowest BCUT2D eigenvalue weighted by atomic mass is 10.0. The Balaban J connectivity index is 1.49. The summed E-state index contributed by atoms with van der Waals surface area (Å²) in [7, 11) is 4.58. The van der Waals surface area contributed by atoms with Crippen LogP contribution in [0.3, 0.4) is 0 Å². The number of methoxy groups -OCH3 is 2. The van der Waals surface area contributed by atoms with Gasteiger partial charge in [0.2, 0.25) is 5.91 Å². The lowest BCUT2D eigenvalue weighted by molar-refractivity contribution is -0.124. The summed E-state index contributed by atoms with van der Waals surface area (Å²) >= 11 is 0. The summed E-state index contributed by atoms with van der Waals surface area (Å²) in [6.45, 7) is 0.502. The van der Waals surface area contributed by atoms with Crippen LogP contribution < -0.4 is 14.8 Å². The SMILES string of the molecule is CO/N=C1\CC(C(=O)NCc2ccc(OC)c(OC)c2)N(C(=O)c2ccc(-c3ccccc3)cc2)C1. The van der Waals surface area contributed by atoms with Crippen molar-refractivity contribution in [2.45, 2.75) is 19.0 Å². The molecule has 186 valence electrons. The molecule has 3 aromatic rings. The van der Waals surface area contributed by atoms with Crippen LogP contribution in [-0.4, -0.2) is 56.3 Å². The largest absolute Gasteiger partial charge is 0.493 e. The zero-order chi connectivity index (χ0) is 25.5. The predicted molar refractivity (Wildman–Crippen MR) is 137 cm³/mol. The second-order valence-electron chi connectivity index (χ2n) is 8.34. The topological polar surface area (TPSA) is 89.5 Å². The molecule has 1 heterocycles. The molecule has 0 aromatic heterocycles. The van der Waals surface area contributed by atoms with E-state index in [1.165, 1.54) is 7.11 Å². The average molecular weight is 488 g/mol. The van der Waals surface area contributed by atoms with Crippen molar-refractivity contribution in [2.75, 3.05) is 27.9 Å². The van der Waals surface area contributed by atoms with Crippen LogP contribution in [0.4, 0.5) is 0 Å². The van der Waals surface area contributed by atoms with Gasteiger partial charge in [0, 0.05) is 18.5 Å². The van der Waals surface area contributed by atoms with Gasteiger partial charge in [-0.25, -0.2) is 0 Å². The third-order valence-electron chi connectivity index (χ3n) is 6.10. The molecule has 0 saturated carbocycles. The van der Waals surface area contributed by atoms with E-state index in [0.717, 1.165) is 16.7 Å². The molecule has 1 fully saturated rings. The number of oxime groups is 1. The number of carbonyl (C=O) groups excluding carboxylic acids is 2. The Morgan fingerprint density at radius 1 is 0.917 bits per heavy atom. The average Bonchev–Trinajstić information content (AvgIpc) is 3.36. The molecule has 8 nitrogen and oxygen atoms in total. The Morgan fingerprint density at radius 2 is 1.61 bits per heavy atom. The Kier molecular flexibility index (Phi) is 7.85. The van der Waals surface area contributed by atoms with Crippen LogP contribution in [0.25, 0.3) is 11.1 Å². The van der Waals surface area contributed by atoms with E-state index in [9.17, 15) is 9.59 Å². The monoisotopic (exact) mass is 487 g/mol. The Hall–Kier alpha value is -4.33. The van der Waals surface area contributed by atoms with E-state index in [-0.39, 0.29) is 24.9 Å². The van der Waals surface area contributed by atoms with Gasteiger partial charge in [-0.1, -0.05) is 53.7 Å². The molecule has 1 unspecified atom stereocenters. The Labute approximate surface area is 210 Å². The highest BCUT2D eigenvalue weighted by atomic mass is 16.6. The number of carbonyl (C=O) groups is 2. The molecule has 0 spiro atoms. The first-order valence-electron chi connectivity index (χ1n) is 11.6. The quantitative estimate of drug-likeness (QED) is 0.487. The normalized spacial score (nSPS) is 16.0. The number of nitrogens with one attached hydrogen (secondary N) is 1. The van der Waals surface area contributed by atoms with Gasteiger partial charge in [0.1, 0.15) is 13.2 Å². The molecule has 4 rings (SSSR count). The molecular weight excluding hydrogens is 458 g/mol. The lowest BCUT2D eigenvalue weighted by Gasteiger charge is -2.23. The molecule has 2 amide bonds. The summed E-state index contributed by atoms with van der Waals surface area (Å²) in [6, 6.07) is 22.1. The third-order valence-corrected chi connectivity index (χ3v) is 6.10. The van der Waals surface area contributed by atoms with Crippen molar-refractivity contribution in [2.24, 2.45) is 5.16 Å². The van der Waals surface area contributed by atoms with E-state index < -0.39 is 6.04 Å². The van der Waals surface area contributed by atoms with E-state index in [0.29, 0.717) is 29.2 Å². The van der Waals surface area contributed by atoms with Crippen LogP contribution >= 0.6 is 0 Å². The van der Waals surface area contributed by atoms with Crippen molar-refractivity contribution >= 4 is 17.5 Å². The van der Waals surface area contributed by atoms with Crippen LogP contribution in [0.15, 0.2) is 78.0 Å². The van der Waals surface area contributed by atoms with Crippen LogP contribution in [0.5, 0.6) is 11.5 Å². The minimum absolute atomic E-state index is 0.224. The maximum atomic E-state index is 13.4. The number of benzene rings is 3. The van der Waals surface area contributed by atoms with Gasteiger partial charge >= 0.3 is 0 Å². The minimum Gasteiger partial charge on any atom is -0.493 e. The first-order chi connectivity index (χ1) is 17.5. The molecule has 1 saturated heterocycles. The summed E-state index contributed by atoms with van der Waals surface area (Å²) in [4.78, 5) is 33.0. The summed E-state index contributed by atoms with van der Waals surface area (Å²) in [5.74, 6) is 0.691. The third kappa shape index (κ3) is 5.49. The predicted octanol–water partition coefficient (Wildman–Crippen LogP) is 3.90. The highest BCUT2D eigenvalue weighted by molar-refractivity contribution is 6.05. The standard InChI is InChI=1S/C28H29N3O5/c1-34-25-14-9-19(15-26(25)35-2)17-29-27(32)24-16-23(30-36-3)18-31(24)28(33)22-12-10-21(11-13-22)20-7-5-4-6-8-20/h4-15,24H,16-18H2,1-3H3,(H,29,32)/b30-23+. The first kappa shape index (κ1) is 24.8. The second kappa shape index (κ2) is 11.4. The number of hydrogen-bond donors (Lipinski definition) is 1. The van der Waals surface area contributed by atoms with E-state index in [1.807, 2.05) is 54.6 Å². The molecule has 1 aliphatic heterocycles. The molecule has 3 aromatic carbocycles. The fraction of sp³-hybridized carbons (Fsp3) is 0.250. The zero-order valence-electron chi connectivity index (χ0n) is 20.6. The molecule has 1 atom stereocenters. The molecule has 1 N–H and O–H groups in total. The van der Waals surface area contributed by atoms with E-state index in [4.69, 9.17) is 14.3 Å². The van der Waals surface area contributed by atoms with Crippen molar-refractivity contribution < 1.29 is 23.9 Å². The van der Waals surface area contributed by atoms with Crippen LogP contribution in [0.1, 0.15) is 22.3 Å². The summed E-state index contributed by atoms with van der Waals surface area (Å²) in [5.41, 5.74) is 4.07. The van der Waals surface area contributed by atoms with Crippen molar-refractivity contribution in [1.29, 1.82) is 0 Å². The fourth-order valence-electron chi connectivity index (χ4n) is 4.25. The highest BCUT2D eigenvalue weighted by Crippen LogP contribution is 2.28. The van der Waals surface area contributed by atoms with E-state index >= 15 is 0 Å².